The molecule has 108 valence electrons. The average molecular weight is 331 g/mol. The maximum atomic E-state index is 12.2. The van der Waals surface area contributed by atoms with E-state index < -0.39 is 16.0 Å². The number of hydrogen-bond donors (Lipinski definition) is 1. The Hall–Kier alpha value is -1.38. The lowest BCUT2D eigenvalue weighted by Crippen LogP contribution is -2.13. The van der Waals surface area contributed by atoms with Gasteiger partial charge >= 0.3 is 5.97 Å². The van der Waals surface area contributed by atoms with Crippen molar-refractivity contribution in [3.8, 4) is 0 Å². The van der Waals surface area contributed by atoms with Crippen molar-refractivity contribution in [1.29, 1.82) is 0 Å². The second kappa shape index (κ2) is 5.94. The number of thiophene rings is 2. The molecular formula is C12H13NO4S3. The monoisotopic (exact) mass is 331 g/mol. The number of hydrogen-bond acceptors (Lipinski definition) is 6. The third-order valence-electron chi connectivity index (χ3n) is 2.34. The highest BCUT2D eigenvalue weighted by molar-refractivity contribution is 7.94. The summed E-state index contributed by atoms with van der Waals surface area (Å²) in [6.07, 6.45) is 0. The number of rotatable bonds is 5. The molecule has 0 aromatic carbocycles. The van der Waals surface area contributed by atoms with Crippen molar-refractivity contribution in [3.63, 3.8) is 0 Å². The van der Waals surface area contributed by atoms with Crippen molar-refractivity contribution in [2.45, 2.75) is 18.1 Å². The van der Waals surface area contributed by atoms with Crippen molar-refractivity contribution < 1.29 is 17.9 Å². The van der Waals surface area contributed by atoms with Gasteiger partial charge < -0.3 is 4.74 Å². The topological polar surface area (TPSA) is 72.5 Å². The Balaban J connectivity index is 2.32. The molecule has 0 radical (unpaired) electrons. The summed E-state index contributed by atoms with van der Waals surface area (Å²) in [5.41, 5.74) is 0.245. The first-order chi connectivity index (χ1) is 9.44. The first-order valence-corrected chi connectivity index (χ1v) is 8.96. The second-order valence-corrected chi connectivity index (χ2v) is 7.97. The van der Waals surface area contributed by atoms with Crippen LogP contribution < -0.4 is 4.72 Å². The van der Waals surface area contributed by atoms with Crippen LogP contribution in [0.4, 0.5) is 5.00 Å². The fraction of sp³-hybridized carbons (Fsp3) is 0.250. The van der Waals surface area contributed by atoms with E-state index in [2.05, 4.69) is 4.72 Å². The summed E-state index contributed by atoms with van der Waals surface area (Å²) >= 11 is 2.32. The van der Waals surface area contributed by atoms with Crippen LogP contribution in [0, 0.1) is 6.92 Å². The summed E-state index contributed by atoms with van der Waals surface area (Å²) in [7, 11) is -3.66. The van der Waals surface area contributed by atoms with Gasteiger partial charge in [0.15, 0.2) is 0 Å². The number of aryl methyl sites for hydroxylation is 1. The molecule has 0 aliphatic carbocycles. The zero-order chi connectivity index (χ0) is 14.8. The maximum Gasteiger partial charge on any atom is 0.341 e. The van der Waals surface area contributed by atoms with Crippen LogP contribution in [0.2, 0.25) is 0 Å². The van der Waals surface area contributed by atoms with Gasteiger partial charge in [0.1, 0.15) is 9.21 Å². The van der Waals surface area contributed by atoms with Gasteiger partial charge in [0.05, 0.1) is 12.2 Å². The van der Waals surface area contributed by atoms with E-state index in [9.17, 15) is 13.2 Å². The van der Waals surface area contributed by atoms with Crippen molar-refractivity contribution >= 4 is 43.7 Å². The minimum absolute atomic E-state index is 0.207. The quantitative estimate of drug-likeness (QED) is 0.855. The van der Waals surface area contributed by atoms with Crippen LogP contribution >= 0.6 is 22.7 Å². The summed E-state index contributed by atoms with van der Waals surface area (Å²) in [5, 5.41) is 1.97. The van der Waals surface area contributed by atoms with E-state index in [1.54, 1.807) is 31.4 Å². The molecule has 0 saturated carbocycles. The Kier molecular flexibility index (Phi) is 4.46. The van der Waals surface area contributed by atoms with Crippen LogP contribution in [-0.2, 0) is 14.8 Å². The van der Waals surface area contributed by atoms with Gasteiger partial charge in [-0.1, -0.05) is 6.07 Å². The Morgan fingerprint density at radius 3 is 2.80 bits per heavy atom. The summed E-state index contributed by atoms with van der Waals surface area (Å²) < 4.78 is 31.9. The van der Waals surface area contributed by atoms with E-state index in [-0.39, 0.29) is 21.4 Å². The minimum Gasteiger partial charge on any atom is -0.462 e. The maximum absolute atomic E-state index is 12.2. The molecule has 2 aromatic heterocycles. The number of anilines is 1. The van der Waals surface area contributed by atoms with Crippen LogP contribution in [0.25, 0.3) is 0 Å². The second-order valence-electron chi connectivity index (χ2n) is 3.86. The fourth-order valence-corrected chi connectivity index (χ4v) is 4.75. The van der Waals surface area contributed by atoms with Gasteiger partial charge in [-0.3, -0.25) is 4.72 Å². The van der Waals surface area contributed by atoms with Crippen LogP contribution in [0.5, 0.6) is 0 Å². The first-order valence-electron chi connectivity index (χ1n) is 5.78. The molecule has 0 aliphatic rings. The predicted molar refractivity (Wildman–Crippen MR) is 80.1 cm³/mol. The van der Waals surface area contributed by atoms with Gasteiger partial charge in [-0.05, 0) is 31.4 Å². The molecule has 0 atom stereocenters. The number of carbonyl (C=O) groups excluding carboxylic acids is 1. The van der Waals surface area contributed by atoms with E-state index in [0.29, 0.717) is 0 Å². The molecule has 8 heteroatoms. The van der Waals surface area contributed by atoms with E-state index in [1.165, 1.54) is 17.4 Å². The van der Waals surface area contributed by atoms with Crippen LogP contribution in [-0.4, -0.2) is 21.0 Å². The zero-order valence-electron chi connectivity index (χ0n) is 10.9. The van der Waals surface area contributed by atoms with Gasteiger partial charge in [0.25, 0.3) is 10.0 Å². The van der Waals surface area contributed by atoms with Crippen LogP contribution in [0.3, 0.4) is 0 Å². The van der Waals surface area contributed by atoms with Crippen molar-refractivity contribution in [2.24, 2.45) is 0 Å². The standard InChI is InChI=1S/C12H13NO4S3/c1-3-17-12(14)9-7-8(2)19-11(9)13-20(15,16)10-5-4-6-18-10/h4-7,13H,3H2,1-2H3. The summed E-state index contributed by atoms with van der Waals surface area (Å²) in [5.74, 6) is -0.527. The molecular weight excluding hydrogens is 318 g/mol. The fourth-order valence-electron chi connectivity index (χ4n) is 1.54. The minimum atomic E-state index is -3.66. The number of ether oxygens (including phenoxy) is 1. The lowest BCUT2D eigenvalue weighted by molar-refractivity contribution is 0.0528. The highest BCUT2D eigenvalue weighted by atomic mass is 32.2. The number of nitrogens with one attached hydrogen (secondary N) is 1. The average Bonchev–Trinajstić information content (AvgIpc) is 2.98. The van der Waals surface area contributed by atoms with E-state index >= 15 is 0 Å². The van der Waals surface area contributed by atoms with Crippen molar-refractivity contribution in [2.75, 3.05) is 11.3 Å². The molecule has 0 bridgehead atoms. The van der Waals surface area contributed by atoms with Crippen LogP contribution in [0.1, 0.15) is 22.2 Å². The van der Waals surface area contributed by atoms with Crippen molar-refractivity contribution in [1.82, 2.24) is 0 Å². The third kappa shape index (κ3) is 3.20. The molecule has 0 saturated heterocycles. The molecule has 0 unspecified atom stereocenters. The molecule has 2 rings (SSSR count). The number of esters is 1. The Morgan fingerprint density at radius 1 is 1.45 bits per heavy atom. The van der Waals surface area contributed by atoms with Crippen LogP contribution in [0.15, 0.2) is 27.8 Å². The molecule has 0 spiro atoms. The molecule has 2 aromatic rings. The number of sulfonamides is 1. The summed E-state index contributed by atoms with van der Waals surface area (Å²) in [4.78, 5) is 12.6. The predicted octanol–water partition coefficient (Wildman–Crippen LogP) is 3.10. The Labute approximate surface area is 125 Å². The van der Waals surface area contributed by atoms with E-state index in [4.69, 9.17) is 4.74 Å². The normalized spacial score (nSPS) is 11.3. The van der Waals surface area contributed by atoms with Gasteiger partial charge in [-0.25, -0.2) is 13.2 Å². The molecule has 20 heavy (non-hydrogen) atoms. The molecule has 5 nitrogen and oxygen atoms in total. The third-order valence-corrected chi connectivity index (χ3v) is 6.18. The Morgan fingerprint density at radius 2 is 2.20 bits per heavy atom. The van der Waals surface area contributed by atoms with Gasteiger partial charge in [-0.15, -0.1) is 22.7 Å². The number of carbonyl (C=O) groups is 1. The lowest BCUT2D eigenvalue weighted by atomic mass is 10.3. The highest BCUT2D eigenvalue weighted by Gasteiger charge is 2.22. The van der Waals surface area contributed by atoms with Gasteiger partial charge in [0, 0.05) is 4.88 Å². The smallest absolute Gasteiger partial charge is 0.341 e. The molecule has 0 aliphatic heterocycles. The molecule has 0 fully saturated rings. The zero-order valence-corrected chi connectivity index (χ0v) is 13.3. The van der Waals surface area contributed by atoms with E-state index in [1.807, 2.05) is 0 Å². The highest BCUT2D eigenvalue weighted by Crippen LogP contribution is 2.31. The van der Waals surface area contributed by atoms with E-state index in [0.717, 1.165) is 16.2 Å². The van der Waals surface area contributed by atoms with Crippen molar-refractivity contribution in [3.05, 3.63) is 34.0 Å². The summed E-state index contributed by atoms with van der Waals surface area (Å²) in [6, 6.07) is 4.79. The van der Waals surface area contributed by atoms with Gasteiger partial charge in [0.2, 0.25) is 0 Å². The summed E-state index contributed by atoms with van der Waals surface area (Å²) in [6.45, 7) is 3.74. The molecule has 2 heterocycles. The first kappa shape index (κ1) is 15.0. The molecule has 0 amide bonds. The SMILES string of the molecule is CCOC(=O)c1cc(C)sc1NS(=O)(=O)c1cccs1. The molecule has 1 N–H and O–H groups in total. The largest absolute Gasteiger partial charge is 0.462 e. The van der Waals surface area contributed by atoms with Gasteiger partial charge in [-0.2, -0.15) is 0 Å². The Bertz CT molecular complexity index is 701. The lowest BCUT2D eigenvalue weighted by Gasteiger charge is -2.06.